The minimum Gasteiger partial charge on any atom is -0.452 e. The first-order chi connectivity index (χ1) is 10.1. The fraction of sp³-hybridized carbons (Fsp3) is 0.500. The van der Waals surface area contributed by atoms with E-state index in [1.165, 1.54) is 6.42 Å². The second-order valence-electron chi connectivity index (χ2n) is 5.49. The molecule has 0 saturated heterocycles. The van der Waals surface area contributed by atoms with Crippen molar-refractivity contribution >= 4 is 17.6 Å². The molecule has 0 heterocycles. The van der Waals surface area contributed by atoms with E-state index in [1.807, 2.05) is 0 Å². The van der Waals surface area contributed by atoms with E-state index in [0.29, 0.717) is 11.3 Å². The number of carbonyl (C=O) groups excluding carboxylic acids is 2. The Balaban J connectivity index is 1.82. The van der Waals surface area contributed by atoms with E-state index in [2.05, 4.69) is 0 Å². The molecule has 1 amide bonds. The number of carbonyl (C=O) groups is 2. The van der Waals surface area contributed by atoms with Gasteiger partial charge in [-0.3, -0.25) is 4.79 Å². The highest BCUT2D eigenvalue weighted by atomic mass is 16.5. The Morgan fingerprint density at radius 1 is 1.19 bits per heavy atom. The number of nitrogen functional groups attached to an aromatic ring is 1. The van der Waals surface area contributed by atoms with E-state index in [0.717, 1.165) is 25.7 Å². The molecule has 0 atom stereocenters. The summed E-state index contributed by atoms with van der Waals surface area (Å²) in [5, 5.41) is 0. The van der Waals surface area contributed by atoms with Crippen LogP contribution in [0.5, 0.6) is 0 Å². The Bertz CT molecular complexity index is 493. The molecule has 1 fully saturated rings. The summed E-state index contributed by atoms with van der Waals surface area (Å²) in [5.74, 6) is -0.647. The largest absolute Gasteiger partial charge is 0.452 e. The topological polar surface area (TPSA) is 72.6 Å². The van der Waals surface area contributed by atoms with Gasteiger partial charge in [-0.15, -0.1) is 0 Å². The molecule has 1 aromatic carbocycles. The summed E-state index contributed by atoms with van der Waals surface area (Å²) in [6.45, 7) is -0.212. The van der Waals surface area contributed by atoms with Crippen LogP contribution in [0.15, 0.2) is 24.3 Å². The molecule has 2 N–H and O–H groups in total. The van der Waals surface area contributed by atoms with Crippen molar-refractivity contribution in [2.75, 3.05) is 19.4 Å². The lowest BCUT2D eigenvalue weighted by Crippen LogP contribution is -2.40. The number of hydrogen-bond acceptors (Lipinski definition) is 4. The molecule has 0 radical (unpaired) electrons. The van der Waals surface area contributed by atoms with Crippen LogP contribution in [0, 0.1) is 0 Å². The summed E-state index contributed by atoms with van der Waals surface area (Å²) in [5.41, 5.74) is 6.54. The molecule has 21 heavy (non-hydrogen) atoms. The van der Waals surface area contributed by atoms with Gasteiger partial charge in [-0.25, -0.2) is 4.79 Å². The molecule has 0 aliphatic heterocycles. The van der Waals surface area contributed by atoms with Gasteiger partial charge in [-0.1, -0.05) is 19.3 Å². The number of nitrogens with two attached hydrogens (primary N) is 1. The maximum absolute atomic E-state index is 12.1. The van der Waals surface area contributed by atoms with Crippen molar-refractivity contribution < 1.29 is 14.3 Å². The molecule has 0 aromatic heterocycles. The Morgan fingerprint density at radius 2 is 1.81 bits per heavy atom. The SMILES string of the molecule is CN(C(=O)COC(=O)c1ccc(N)cc1)C1CCCCC1. The molecule has 1 aliphatic carbocycles. The molecular weight excluding hydrogens is 268 g/mol. The lowest BCUT2D eigenvalue weighted by molar-refractivity contribution is -0.135. The highest BCUT2D eigenvalue weighted by Crippen LogP contribution is 2.21. The van der Waals surface area contributed by atoms with E-state index in [-0.39, 0.29) is 18.6 Å². The highest BCUT2D eigenvalue weighted by Gasteiger charge is 2.22. The number of amides is 1. The van der Waals surface area contributed by atoms with Gasteiger partial charge in [0, 0.05) is 18.8 Å². The van der Waals surface area contributed by atoms with Gasteiger partial charge in [-0.2, -0.15) is 0 Å². The fourth-order valence-corrected chi connectivity index (χ4v) is 2.60. The molecule has 114 valence electrons. The van der Waals surface area contributed by atoms with Crippen molar-refractivity contribution in [3.8, 4) is 0 Å². The average Bonchev–Trinajstić information content (AvgIpc) is 2.53. The van der Waals surface area contributed by atoms with Crippen LogP contribution in [0.1, 0.15) is 42.5 Å². The number of anilines is 1. The zero-order valence-electron chi connectivity index (χ0n) is 12.4. The van der Waals surface area contributed by atoms with E-state index in [9.17, 15) is 9.59 Å². The number of likely N-dealkylation sites (N-methyl/N-ethyl adjacent to an activating group) is 1. The molecule has 1 aliphatic rings. The summed E-state index contributed by atoms with van der Waals surface area (Å²) < 4.78 is 5.07. The number of benzene rings is 1. The molecular formula is C16H22N2O3. The van der Waals surface area contributed by atoms with Crippen LogP contribution in [-0.4, -0.2) is 36.5 Å². The van der Waals surface area contributed by atoms with E-state index in [1.54, 1.807) is 36.2 Å². The van der Waals surface area contributed by atoms with Gasteiger partial charge in [0.05, 0.1) is 5.56 Å². The first kappa shape index (κ1) is 15.4. The molecule has 0 unspecified atom stereocenters. The van der Waals surface area contributed by atoms with Crippen LogP contribution in [0.25, 0.3) is 0 Å². The highest BCUT2D eigenvalue weighted by molar-refractivity contribution is 5.91. The Hall–Kier alpha value is -2.04. The maximum atomic E-state index is 12.1. The summed E-state index contributed by atoms with van der Waals surface area (Å²) >= 11 is 0. The average molecular weight is 290 g/mol. The third-order valence-corrected chi connectivity index (χ3v) is 3.99. The minimum absolute atomic E-state index is 0.148. The summed E-state index contributed by atoms with van der Waals surface area (Å²) in [6, 6.07) is 6.72. The maximum Gasteiger partial charge on any atom is 0.338 e. The molecule has 2 rings (SSSR count). The lowest BCUT2D eigenvalue weighted by atomic mass is 9.94. The van der Waals surface area contributed by atoms with E-state index in [4.69, 9.17) is 10.5 Å². The van der Waals surface area contributed by atoms with Crippen molar-refractivity contribution in [1.29, 1.82) is 0 Å². The summed E-state index contributed by atoms with van der Waals surface area (Å²) in [7, 11) is 1.79. The van der Waals surface area contributed by atoms with Gasteiger partial charge < -0.3 is 15.4 Å². The predicted molar refractivity (Wildman–Crippen MR) is 80.8 cm³/mol. The van der Waals surface area contributed by atoms with Crippen molar-refractivity contribution in [2.45, 2.75) is 38.1 Å². The predicted octanol–water partition coefficient (Wildman–Crippen LogP) is 2.22. The van der Waals surface area contributed by atoms with Crippen molar-refractivity contribution in [3.05, 3.63) is 29.8 Å². The van der Waals surface area contributed by atoms with Crippen molar-refractivity contribution in [3.63, 3.8) is 0 Å². The smallest absolute Gasteiger partial charge is 0.338 e. The number of esters is 1. The normalized spacial score (nSPS) is 15.5. The van der Waals surface area contributed by atoms with Crippen LogP contribution < -0.4 is 5.73 Å². The van der Waals surface area contributed by atoms with Gasteiger partial charge in [0.1, 0.15) is 0 Å². The first-order valence-corrected chi connectivity index (χ1v) is 7.36. The van der Waals surface area contributed by atoms with Crippen LogP contribution >= 0.6 is 0 Å². The van der Waals surface area contributed by atoms with Gasteiger partial charge >= 0.3 is 5.97 Å². The standard InChI is InChI=1S/C16H22N2O3/c1-18(14-5-3-2-4-6-14)15(19)11-21-16(20)12-7-9-13(17)10-8-12/h7-10,14H,2-6,11,17H2,1H3. The second-order valence-corrected chi connectivity index (χ2v) is 5.49. The Morgan fingerprint density at radius 3 is 2.43 bits per heavy atom. The zero-order chi connectivity index (χ0) is 15.2. The van der Waals surface area contributed by atoms with E-state index < -0.39 is 5.97 Å². The summed E-state index contributed by atoms with van der Waals surface area (Å²) in [4.78, 5) is 25.6. The Labute approximate surface area is 125 Å². The first-order valence-electron chi connectivity index (χ1n) is 7.36. The third-order valence-electron chi connectivity index (χ3n) is 3.99. The molecule has 5 nitrogen and oxygen atoms in total. The fourth-order valence-electron chi connectivity index (χ4n) is 2.60. The number of ether oxygens (including phenoxy) is 1. The van der Waals surface area contributed by atoms with Crippen LogP contribution in [0.2, 0.25) is 0 Å². The second kappa shape index (κ2) is 7.11. The molecule has 1 aromatic rings. The number of rotatable bonds is 4. The van der Waals surface area contributed by atoms with Crippen molar-refractivity contribution in [2.24, 2.45) is 0 Å². The summed E-state index contributed by atoms with van der Waals surface area (Å²) in [6.07, 6.45) is 5.63. The number of hydrogen-bond donors (Lipinski definition) is 1. The van der Waals surface area contributed by atoms with Crippen LogP contribution in [0.3, 0.4) is 0 Å². The van der Waals surface area contributed by atoms with Crippen LogP contribution in [0.4, 0.5) is 5.69 Å². The van der Waals surface area contributed by atoms with Gasteiger partial charge in [0.15, 0.2) is 6.61 Å². The minimum atomic E-state index is -0.500. The van der Waals surface area contributed by atoms with Crippen LogP contribution in [-0.2, 0) is 9.53 Å². The lowest BCUT2D eigenvalue weighted by Gasteiger charge is -2.31. The van der Waals surface area contributed by atoms with E-state index >= 15 is 0 Å². The molecule has 0 bridgehead atoms. The number of nitrogens with zero attached hydrogens (tertiary/aromatic N) is 1. The third kappa shape index (κ3) is 4.21. The zero-order valence-corrected chi connectivity index (χ0v) is 12.4. The Kier molecular flexibility index (Phi) is 5.20. The van der Waals surface area contributed by atoms with Gasteiger partial charge in [0.2, 0.25) is 0 Å². The van der Waals surface area contributed by atoms with Crippen molar-refractivity contribution in [1.82, 2.24) is 4.90 Å². The quantitative estimate of drug-likeness (QED) is 0.681. The molecule has 0 spiro atoms. The molecule has 5 heteroatoms. The monoisotopic (exact) mass is 290 g/mol. The van der Waals surface area contributed by atoms with Gasteiger partial charge in [-0.05, 0) is 37.1 Å². The van der Waals surface area contributed by atoms with Gasteiger partial charge in [0.25, 0.3) is 5.91 Å². The molecule has 1 saturated carbocycles.